The fourth-order valence-corrected chi connectivity index (χ4v) is 7.49. The summed E-state index contributed by atoms with van der Waals surface area (Å²) in [6.07, 6.45) is 0.700. The van der Waals surface area contributed by atoms with E-state index in [1.807, 2.05) is 91.9 Å². The summed E-state index contributed by atoms with van der Waals surface area (Å²) in [6, 6.07) is 31.4. The van der Waals surface area contributed by atoms with Crippen LogP contribution < -0.4 is 14.4 Å². The summed E-state index contributed by atoms with van der Waals surface area (Å²) in [7, 11) is 0. The third kappa shape index (κ3) is 6.01. The van der Waals surface area contributed by atoms with Crippen molar-refractivity contribution in [2.24, 2.45) is 0 Å². The molecule has 1 aromatic heterocycles. The maximum atomic E-state index is 13.8. The van der Waals surface area contributed by atoms with Crippen LogP contribution in [-0.4, -0.2) is 33.1 Å². The first kappa shape index (κ1) is 29.8. The summed E-state index contributed by atoms with van der Waals surface area (Å²) < 4.78 is 12.6. The average Bonchev–Trinajstić information content (AvgIpc) is 3.78. The smallest absolute Gasteiger partial charge is 0.301 e. The van der Waals surface area contributed by atoms with Crippen LogP contribution in [0.3, 0.4) is 0 Å². The molecule has 3 heterocycles. The quantitative estimate of drug-likeness (QED) is 0.0582. The molecule has 8 nitrogen and oxygen atoms in total. The minimum absolute atomic E-state index is 0.0166. The molecule has 2 aliphatic rings. The van der Waals surface area contributed by atoms with Gasteiger partial charge in [0.15, 0.2) is 4.34 Å². The molecule has 0 bridgehead atoms. The SMILES string of the molecule is C[C@@H]1Cc2cc(C(O)=C3C(=O)C(=O)N(c4nnc(SCc5ccccc5)s4)[C@H]3c3cccc(OCc4ccccc4)c3)ccc2O1. The minimum atomic E-state index is -0.955. The second-order valence-electron chi connectivity index (χ2n) is 11.1. The molecular weight excluding hydrogens is 619 g/mol. The normalized spacial score (nSPS) is 18.4. The number of Topliss-reactive ketones (excluding diaryl/α,β-unsaturated/α-hetero) is 1. The topological polar surface area (TPSA) is 102 Å². The lowest BCUT2D eigenvalue weighted by molar-refractivity contribution is -0.132. The number of benzene rings is 4. The van der Waals surface area contributed by atoms with Crippen LogP contribution >= 0.6 is 23.1 Å². The number of carbonyl (C=O) groups is 2. The zero-order valence-electron chi connectivity index (χ0n) is 24.8. The second kappa shape index (κ2) is 12.8. The van der Waals surface area contributed by atoms with Gasteiger partial charge < -0.3 is 14.6 Å². The van der Waals surface area contributed by atoms with E-state index in [0.717, 1.165) is 22.4 Å². The van der Waals surface area contributed by atoms with Gasteiger partial charge in [-0.1, -0.05) is 95.9 Å². The van der Waals surface area contributed by atoms with E-state index in [9.17, 15) is 14.7 Å². The lowest BCUT2D eigenvalue weighted by Gasteiger charge is -2.23. The number of hydrogen-bond acceptors (Lipinski definition) is 9. The van der Waals surface area contributed by atoms with Crippen molar-refractivity contribution in [2.75, 3.05) is 4.90 Å². The van der Waals surface area contributed by atoms with Gasteiger partial charge in [0, 0.05) is 17.7 Å². The summed E-state index contributed by atoms with van der Waals surface area (Å²) in [6.45, 7) is 2.32. The Morgan fingerprint density at radius 3 is 2.50 bits per heavy atom. The monoisotopic (exact) mass is 647 g/mol. The number of carbonyl (C=O) groups excluding carboxylic acids is 2. The number of ether oxygens (including phenoxy) is 2. The first-order valence-electron chi connectivity index (χ1n) is 14.8. The Bertz CT molecular complexity index is 1940. The maximum absolute atomic E-state index is 13.8. The molecule has 7 rings (SSSR count). The predicted molar refractivity (Wildman–Crippen MR) is 178 cm³/mol. The van der Waals surface area contributed by atoms with Crippen molar-refractivity contribution in [1.29, 1.82) is 0 Å². The van der Waals surface area contributed by atoms with E-state index in [1.165, 1.54) is 28.0 Å². The molecule has 1 fully saturated rings. The van der Waals surface area contributed by atoms with Gasteiger partial charge in [0.25, 0.3) is 5.78 Å². The van der Waals surface area contributed by atoms with Crippen molar-refractivity contribution >= 4 is 45.7 Å². The van der Waals surface area contributed by atoms with Gasteiger partial charge in [-0.25, -0.2) is 0 Å². The van der Waals surface area contributed by atoms with Crippen LogP contribution in [0.4, 0.5) is 5.13 Å². The zero-order chi connectivity index (χ0) is 31.6. The second-order valence-corrected chi connectivity index (χ2v) is 13.3. The number of ketones is 1. The number of hydrogen-bond donors (Lipinski definition) is 1. The van der Waals surface area contributed by atoms with E-state index < -0.39 is 17.7 Å². The number of amides is 1. The molecule has 2 aliphatic heterocycles. The molecule has 0 aliphatic carbocycles. The Morgan fingerprint density at radius 1 is 0.957 bits per heavy atom. The molecule has 0 spiro atoms. The molecule has 1 saturated heterocycles. The number of aromatic nitrogens is 2. The first-order valence-corrected chi connectivity index (χ1v) is 16.6. The highest BCUT2D eigenvalue weighted by Gasteiger charge is 2.48. The summed E-state index contributed by atoms with van der Waals surface area (Å²) in [5, 5.41) is 20.6. The Balaban J connectivity index is 1.26. The number of rotatable bonds is 9. The number of anilines is 1. The van der Waals surface area contributed by atoms with Gasteiger partial charge in [-0.3, -0.25) is 14.5 Å². The number of fused-ring (bicyclic) bond motifs is 1. The molecule has 10 heteroatoms. The largest absolute Gasteiger partial charge is 0.507 e. The third-order valence-corrected chi connectivity index (χ3v) is 9.97. The number of nitrogens with zero attached hydrogens (tertiary/aromatic N) is 3. The molecular formula is C36H29N3O5S2. The number of thioether (sulfide) groups is 1. The van der Waals surface area contributed by atoms with Crippen LogP contribution in [0.2, 0.25) is 0 Å². The summed E-state index contributed by atoms with van der Waals surface area (Å²) >= 11 is 2.74. The van der Waals surface area contributed by atoms with E-state index in [0.29, 0.717) is 40.0 Å². The van der Waals surface area contributed by atoms with Crippen molar-refractivity contribution in [1.82, 2.24) is 10.2 Å². The van der Waals surface area contributed by atoms with Gasteiger partial charge >= 0.3 is 5.91 Å². The van der Waals surface area contributed by atoms with Crippen molar-refractivity contribution < 1.29 is 24.2 Å². The van der Waals surface area contributed by atoms with Crippen LogP contribution in [0.15, 0.2) is 113 Å². The summed E-state index contributed by atoms with van der Waals surface area (Å²) in [5.74, 6) is 0.157. The van der Waals surface area contributed by atoms with Gasteiger partial charge in [-0.2, -0.15) is 0 Å². The summed E-state index contributed by atoms with van der Waals surface area (Å²) in [4.78, 5) is 28.9. The van der Waals surface area contributed by atoms with Gasteiger partial charge in [0.05, 0.1) is 11.6 Å². The highest BCUT2D eigenvalue weighted by atomic mass is 32.2. The van der Waals surface area contributed by atoms with Gasteiger partial charge in [-0.05, 0) is 59.5 Å². The van der Waals surface area contributed by atoms with Crippen LogP contribution in [0.25, 0.3) is 5.76 Å². The highest BCUT2D eigenvalue weighted by molar-refractivity contribution is 8.00. The fourth-order valence-electron chi connectivity index (χ4n) is 5.66. The van der Waals surface area contributed by atoms with E-state index >= 15 is 0 Å². The molecule has 1 amide bonds. The molecule has 0 saturated carbocycles. The molecule has 0 unspecified atom stereocenters. The first-order chi connectivity index (χ1) is 22.4. The van der Waals surface area contributed by atoms with E-state index in [2.05, 4.69) is 10.2 Å². The number of aliphatic hydroxyl groups is 1. The van der Waals surface area contributed by atoms with Crippen molar-refractivity contribution in [3.05, 3.63) is 137 Å². The fraction of sp³-hybridized carbons (Fsp3) is 0.167. The standard InChI is InChI=1S/C36H29N3O5S2/c1-22-17-27-18-26(15-16-29(27)44-22)32(40)30-31(25-13-8-14-28(19-25)43-20-23-9-4-2-5-10-23)39(34(42)33(30)41)35-37-38-36(46-35)45-21-24-11-6-3-7-12-24/h2-16,18-19,22,31,40H,17,20-21H2,1H3/t22-,31+/m1/s1. The summed E-state index contributed by atoms with van der Waals surface area (Å²) in [5.41, 5.74) is 4.08. The molecule has 230 valence electrons. The van der Waals surface area contributed by atoms with Crippen molar-refractivity contribution in [3.8, 4) is 11.5 Å². The van der Waals surface area contributed by atoms with Crippen LogP contribution in [0.5, 0.6) is 11.5 Å². The number of aliphatic hydroxyl groups excluding tert-OH is 1. The van der Waals surface area contributed by atoms with Gasteiger partial charge in [0.2, 0.25) is 5.13 Å². The Kier molecular flexibility index (Phi) is 8.30. The maximum Gasteiger partial charge on any atom is 0.301 e. The van der Waals surface area contributed by atoms with Crippen LogP contribution in [0, 0.1) is 0 Å². The highest BCUT2D eigenvalue weighted by Crippen LogP contribution is 2.45. The molecule has 2 atom stereocenters. The van der Waals surface area contributed by atoms with Crippen LogP contribution in [0.1, 0.15) is 40.8 Å². The molecule has 5 aromatic rings. The van der Waals surface area contributed by atoms with E-state index in [4.69, 9.17) is 9.47 Å². The zero-order valence-corrected chi connectivity index (χ0v) is 26.5. The predicted octanol–water partition coefficient (Wildman–Crippen LogP) is 7.36. The van der Waals surface area contributed by atoms with Crippen LogP contribution in [-0.2, 0) is 28.4 Å². The third-order valence-electron chi connectivity index (χ3n) is 7.84. The van der Waals surface area contributed by atoms with Gasteiger partial charge in [0.1, 0.15) is 30.0 Å². The van der Waals surface area contributed by atoms with E-state index in [-0.39, 0.29) is 22.6 Å². The average molecular weight is 648 g/mol. The molecule has 0 radical (unpaired) electrons. The van der Waals surface area contributed by atoms with E-state index in [1.54, 1.807) is 18.2 Å². The van der Waals surface area contributed by atoms with Crippen molar-refractivity contribution in [2.45, 2.75) is 42.2 Å². The Labute approximate surface area is 274 Å². The minimum Gasteiger partial charge on any atom is -0.507 e. The molecule has 1 N–H and O–H groups in total. The lowest BCUT2D eigenvalue weighted by atomic mass is 9.94. The van der Waals surface area contributed by atoms with Crippen molar-refractivity contribution in [3.63, 3.8) is 0 Å². The molecule has 46 heavy (non-hydrogen) atoms. The lowest BCUT2D eigenvalue weighted by Crippen LogP contribution is -2.29. The Morgan fingerprint density at radius 2 is 1.72 bits per heavy atom. The Hall–Kier alpha value is -4.93. The van der Waals surface area contributed by atoms with Gasteiger partial charge in [-0.15, -0.1) is 10.2 Å². The molecule has 4 aromatic carbocycles.